The fourth-order valence-corrected chi connectivity index (χ4v) is 3.54. The number of hydrogen-bond acceptors (Lipinski definition) is 8. The average molecular weight is 450 g/mol. The molecule has 2 aromatic carbocycles. The molecule has 0 amide bonds. The number of nitrogens with zero attached hydrogens (tertiary/aromatic N) is 7. The van der Waals surface area contributed by atoms with Crippen LogP contribution >= 0.6 is 0 Å². The number of rotatable bonds is 7. The summed E-state index contributed by atoms with van der Waals surface area (Å²) in [5.74, 6) is 1.59. The van der Waals surface area contributed by atoms with Crippen LogP contribution in [0.15, 0.2) is 61.4 Å². The second-order valence-corrected chi connectivity index (χ2v) is 7.64. The van der Waals surface area contributed by atoms with E-state index in [1.54, 1.807) is 23.1 Å². The molecule has 0 fully saturated rings. The fourth-order valence-electron chi connectivity index (χ4n) is 3.54. The monoisotopic (exact) mass is 450 g/mol. The van der Waals surface area contributed by atoms with Crippen LogP contribution in [0.2, 0.25) is 0 Å². The molecule has 3 heterocycles. The van der Waals surface area contributed by atoms with Crippen molar-refractivity contribution in [2.45, 2.75) is 13.3 Å². The van der Waals surface area contributed by atoms with Gasteiger partial charge in [0, 0.05) is 23.6 Å². The van der Waals surface area contributed by atoms with Crippen LogP contribution in [0.1, 0.15) is 11.1 Å². The number of ketones is 1. The molecule has 0 aliphatic carbocycles. The highest BCUT2D eigenvalue weighted by molar-refractivity contribution is 5.92. The molecule has 0 saturated heterocycles. The Bertz CT molecular complexity index is 1570. The van der Waals surface area contributed by atoms with Crippen LogP contribution in [0.3, 0.4) is 0 Å². The molecule has 166 valence electrons. The molecule has 10 heteroatoms. The number of anilines is 2. The van der Waals surface area contributed by atoms with Gasteiger partial charge in [0.05, 0.1) is 5.52 Å². The van der Waals surface area contributed by atoms with E-state index >= 15 is 0 Å². The van der Waals surface area contributed by atoms with E-state index in [1.165, 1.54) is 6.33 Å². The highest BCUT2D eigenvalue weighted by Gasteiger charge is 2.11. The van der Waals surface area contributed by atoms with Gasteiger partial charge in [-0.15, -0.1) is 10.2 Å². The van der Waals surface area contributed by atoms with Crippen molar-refractivity contribution in [3.05, 3.63) is 84.0 Å². The summed E-state index contributed by atoms with van der Waals surface area (Å²) in [6.45, 7) is 8.68. The molecule has 5 rings (SSSR count). The Balaban J connectivity index is 1.38. The molecule has 0 bridgehead atoms. The second-order valence-electron chi connectivity index (χ2n) is 7.64. The standard InChI is InChI=1S/C24H18N8O2/c1-15-7-17(4-6-21(15)34-23-10-22-31-29-14-32(22)13-28-23)30-24-19-9-16(8-18(33)11-25-2)3-5-20(19)26-12-27-24/h3-7,9-10,12-14H,8,11H2,1H3,(H,26,27,30). The van der Waals surface area contributed by atoms with E-state index < -0.39 is 0 Å². The molecular weight excluding hydrogens is 432 g/mol. The molecular formula is C24H18N8O2. The second kappa shape index (κ2) is 8.91. The number of carbonyl (C=O) groups excluding carboxylic acids is 1. The average Bonchev–Trinajstić information content (AvgIpc) is 3.29. The molecule has 0 spiro atoms. The van der Waals surface area contributed by atoms with Gasteiger partial charge >= 0.3 is 0 Å². The summed E-state index contributed by atoms with van der Waals surface area (Å²) in [7, 11) is 0. The Morgan fingerprint density at radius 3 is 2.88 bits per heavy atom. The first kappa shape index (κ1) is 21.0. The predicted molar refractivity (Wildman–Crippen MR) is 125 cm³/mol. The highest BCUT2D eigenvalue weighted by atomic mass is 16.5. The largest absolute Gasteiger partial charge is 0.439 e. The van der Waals surface area contributed by atoms with E-state index in [0.29, 0.717) is 23.1 Å². The Hall–Kier alpha value is -4.91. The molecule has 34 heavy (non-hydrogen) atoms. The third kappa shape index (κ3) is 4.35. The maximum absolute atomic E-state index is 11.9. The lowest BCUT2D eigenvalue weighted by atomic mass is 10.1. The minimum Gasteiger partial charge on any atom is -0.439 e. The lowest BCUT2D eigenvalue weighted by molar-refractivity contribution is -0.116. The zero-order chi connectivity index (χ0) is 23.5. The maximum atomic E-state index is 11.9. The van der Waals surface area contributed by atoms with E-state index in [1.807, 2.05) is 43.3 Å². The third-order valence-electron chi connectivity index (χ3n) is 5.17. The Morgan fingerprint density at radius 1 is 1.12 bits per heavy atom. The summed E-state index contributed by atoms with van der Waals surface area (Å²) in [5, 5.41) is 12.0. The van der Waals surface area contributed by atoms with Gasteiger partial charge in [-0.05, 0) is 48.4 Å². The predicted octanol–water partition coefficient (Wildman–Crippen LogP) is 3.94. The summed E-state index contributed by atoms with van der Waals surface area (Å²) in [4.78, 5) is 28.0. The molecule has 0 radical (unpaired) electrons. The summed E-state index contributed by atoms with van der Waals surface area (Å²) < 4.78 is 7.64. The van der Waals surface area contributed by atoms with E-state index in [4.69, 9.17) is 11.3 Å². The molecule has 1 N–H and O–H groups in total. The van der Waals surface area contributed by atoms with E-state index in [9.17, 15) is 4.79 Å². The van der Waals surface area contributed by atoms with Gasteiger partial charge in [0.1, 0.15) is 30.5 Å². The van der Waals surface area contributed by atoms with Crippen molar-refractivity contribution in [2.75, 3.05) is 11.9 Å². The van der Waals surface area contributed by atoms with Gasteiger partial charge < -0.3 is 14.9 Å². The van der Waals surface area contributed by atoms with Crippen molar-refractivity contribution < 1.29 is 9.53 Å². The van der Waals surface area contributed by atoms with E-state index in [-0.39, 0.29) is 18.7 Å². The summed E-state index contributed by atoms with van der Waals surface area (Å²) in [6, 6.07) is 13.0. The van der Waals surface area contributed by atoms with Crippen molar-refractivity contribution in [3.63, 3.8) is 0 Å². The molecule has 5 aromatic rings. The van der Waals surface area contributed by atoms with E-state index in [2.05, 4.69) is 35.3 Å². The Kier molecular flexibility index (Phi) is 5.50. The number of hydrogen-bond donors (Lipinski definition) is 1. The van der Waals surface area contributed by atoms with Crippen LogP contribution < -0.4 is 10.1 Å². The van der Waals surface area contributed by atoms with Crippen LogP contribution in [0.25, 0.3) is 21.4 Å². The van der Waals surface area contributed by atoms with Gasteiger partial charge in [-0.1, -0.05) is 6.07 Å². The first-order valence-electron chi connectivity index (χ1n) is 10.4. The minimum absolute atomic E-state index is 0.121. The van der Waals surface area contributed by atoms with Gasteiger partial charge in [-0.25, -0.2) is 21.5 Å². The minimum atomic E-state index is -0.121. The molecule has 10 nitrogen and oxygen atoms in total. The van der Waals surface area contributed by atoms with Crippen molar-refractivity contribution in [3.8, 4) is 11.6 Å². The van der Waals surface area contributed by atoms with Crippen molar-refractivity contribution >= 4 is 33.8 Å². The first-order valence-corrected chi connectivity index (χ1v) is 10.4. The Morgan fingerprint density at radius 2 is 2.03 bits per heavy atom. The summed E-state index contributed by atoms with van der Waals surface area (Å²) >= 11 is 0. The van der Waals surface area contributed by atoms with Crippen LogP contribution in [0, 0.1) is 13.5 Å². The van der Waals surface area contributed by atoms with Gasteiger partial charge in [-0.3, -0.25) is 9.20 Å². The molecule has 0 atom stereocenters. The molecule has 3 aromatic heterocycles. The molecule has 0 unspecified atom stereocenters. The SMILES string of the molecule is [C-]#[N+]CC(=O)Cc1ccc2ncnc(Nc3ccc(Oc4cc5nncn5cn4)c(C)c3)c2c1. The quantitative estimate of drug-likeness (QED) is 0.371. The summed E-state index contributed by atoms with van der Waals surface area (Å²) in [6.07, 6.45) is 4.86. The highest BCUT2D eigenvalue weighted by Crippen LogP contribution is 2.29. The van der Waals surface area contributed by atoms with Gasteiger partial charge in [0.25, 0.3) is 6.54 Å². The van der Waals surface area contributed by atoms with Crippen LogP contribution in [-0.2, 0) is 11.2 Å². The zero-order valence-corrected chi connectivity index (χ0v) is 18.1. The topological polar surface area (TPSA) is 112 Å². The van der Waals surface area contributed by atoms with Gasteiger partial charge in [0.2, 0.25) is 11.7 Å². The number of aromatic nitrogens is 6. The number of benzene rings is 2. The summed E-state index contributed by atoms with van der Waals surface area (Å²) in [5.41, 5.74) is 3.94. The smallest absolute Gasteiger partial charge is 0.272 e. The molecule has 0 saturated carbocycles. The third-order valence-corrected chi connectivity index (χ3v) is 5.17. The number of fused-ring (bicyclic) bond motifs is 2. The number of ether oxygens (including phenoxy) is 1. The number of Topliss-reactive ketones (excluding diaryl/α,β-unsaturated/α-hetero) is 1. The maximum Gasteiger partial charge on any atom is 0.272 e. The van der Waals surface area contributed by atoms with Crippen molar-refractivity contribution in [2.24, 2.45) is 0 Å². The lowest BCUT2D eigenvalue weighted by Crippen LogP contribution is -2.05. The number of nitrogens with one attached hydrogen (secondary N) is 1. The van der Waals surface area contributed by atoms with Crippen LogP contribution in [0.4, 0.5) is 11.5 Å². The van der Waals surface area contributed by atoms with Crippen LogP contribution in [0.5, 0.6) is 11.6 Å². The molecule has 0 aliphatic heterocycles. The van der Waals surface area contributed by atoms with Crippen molar-refractivity contribution in [1.82, 2.24) is 29.5 Å². The Labute approximate surface area is 194 Å². The first-order chi connectivity index (χ1) is 16.6. The number of carbonyl (C=O) groups is 1. The normalized spacial score (nSPS) is 10.8. The van der Waals surface area contributed by atoms with E-state index in [0.717, 1.165) is 27.7 Å². The number of aryl methyl sites for hydroxylation is 1. The zero-order valence-electron chi connectivity index (χ0n) is 18.1. The fraction of sp³-hybridized carbons (Fsp3) is 0.125. The van der Waals surface area contributed by atoms with Crippen molar-refractivity contribution in [1.29, 1.82) is 0 Å². The van der Waals surface area contributed by atoms with Crippen LogP contribution in [-0.4, -0.2) is 41.9 Å². The molecule has 0 aliphatic rings. The van der Waals surface area contributed by atoms with Gasteiger partial charge in [-0.2, -0.15) is 0 Å². The lowest BCUT2D eigenvalue weighted by Gasteiger charge is -2.12. The van der Waals surface area contributed by atoms with Gasteiger partial charge in [0.15, 0.2) is 5.65 Å².